The molecule has 1 heterocycles. The molecule has 3 aromatic rings. The van der Waals surface area contributed by atoms with Crippen LogP contribution in [0.5, 0.6) is 5.75 Å². The van der Waals surface area contributed by atoms with E-state index in [1.54, 1.807) is 0 Å². The molecular weight excluding hydrogens is 417 g/mol. The van der Waals surface area contributed by atoms with Crippen LogP contribution in [0.15, 0.2) is 53.2 Å². The summed E-state index contributed by atoms with van der Waals surface area (Å²) in [5.41, 5.74) is 7.52. The Bertz CT molecular complexity index is 918. The lowest BCUT2D eigenvalue weighted by Crippen LogP contribution is -2.32. The maximum atomic E-state index is 11.8. The molecule has 154 valence electrons. The van der Waals surface area contributed by atoms with Gasteiger partial charge in [-0.05, 0) is 34.1 Å². The van der Waals surface area contributed by atoms with E-state index in [1.807, 2.05) is 48.5 Å². The average Bonchev–Trinajstić information content (AvgIpc) is 3.14. The topological polar surface area (TPSA) is 115 Å². The van der Waals surface area contributed by atoms with Crippen LogP contribution in [0.1, 0.15) is 21.6 Å². The van der Waals surface area contributed by atoms with Gasteiger partial charge in [-0.2, -0.15) is 0 Å². The van der Waals surface area contributed by atoms with Crippen LogP contribution in [0.2, 0.25) is 5.02 Å². The van der Waals surface area contributed by atoms with Gasteiger partial charge in [-0.15, -0.1) is 12.4 Å². The van der Waals surface area contributed by atoms with Gasteiger partial charge in [0.2, 0.25) is 11.5 Å². The molecular formula is C19H21Cl2N5O3. The van der Waals surface area contributed by atoms with Crippen LogP contribution >= 0.6 is 24.0 Å². The largest absolute Gasteiger partial charge is 0.489 e. The Morgan fingerprint density at radius 2 is 1.86 bits per heavy atom. The second kappa shape index (κ2) is 11.3. The zero-order chi connectivity index (χ0) is 19.8. The predicted molar refractivity (Wildman–Crippen MR) is 112 cm³/mol. The Balaban J connectivity index is 0.00000300. The van der Waals surface area contributed by atoms with E-state index in [-0.39, 0.29) is 23.9 Å². The molecule has 0 aliphatic carbocycles. The summed E-state index contributed by atoms with van der Waals surface area (Å²) in [5, 5.41) is 13.5. The van der Waals surface area contributed by atoms with E-state index in [4.69, 9.17) is 22.1 Å². The number of nitrogen functional groups attached to an aromatic ring is 1. The summed E-state index contributed by atoms with van der Waals surface area (Å²) < 4.78 is 10.3. The summed E-state index contributed by atoms with van der Waals surface area (Å²) in [4.78, 5) is 11.8. The van der Waals surface area contributed by atoms with Crippen molar-refractivity contribution in [3.63, 3.8) is 0 Å². The maximum absolute atomic E-state index is 11.8. The van der Waals surface area contributed by atoms with Crippen LogP contribution in [0.4, 0.5) is 5.82 Å². The predicted octanol–water partition coefficient (Wildman–Crippen LogP) is 2.83. The van der Waals surface area contributed by atoms with Crippen molar-refractivity contribution < 1.29 is 14.2 Å². The third kappa shape index (κ3) is 6.63. The summed E-state index contributed by atoms with van der Waals surface area (Å²) in [6.45, 7) is 2.01. The monoisotopic (exact) mass is 437 g/mol. The Morgan fingerprint density at radius 3 is 2.59 bits per heavy atom. The van der Waals surface area contributed by atoms with Gasteiger partial charge in [-0.1, -0.05) is 41.9 Å². The molecule has 1 aromatic heterocycles. The second-order valence-electron chi connectivity index (χ2n) is 5.95. The van der Waals surface area contributed by atoms with Gasteiger partial charge < -0.3 is 21.1 Å². The number of aromatic nitrogens is 2. The standard InChI is InChI=1S/C19H20ClN5O3.ClH/c20-15-7-5-13(6-8-15)12-27-16-4-2-1-3-14(16)11-22-9-10-23-19(26)17-18(21)25-28-24-17;/h1-8,22H,9-12H2,(H2,21,25)(H,23,26);1H. The Labute approximate surface area is 179 Å². The van der Waals surface area contributed by atoms with Crippen LogP contribution in [-0.2, 0) is 13.2 Å². The van der Waals surface area contributed by atoms with Gasteiger partial charge in [-0.25, -0.2) is 4.63 Å². The number of amides is 1. The highest BCUT2D eigenvalue weighted by Gasteiger charge is 2.14. The van der Waals surface area contributed by atoms with Crippen molar-refractivity contribution in [2.24, 2.45) is 0 Å². The lowest BCUT2D eigenvalue weighted by molar-refractivity contribution is 0.0944. The molecule has 2 aromatic carbocycles. The molecule has 0 aliphatic rings. The van der Waals surface area contributed by atoms with Crippen molar-refractivity contribution in [3.05, 3.63) is 70.4 Å². The number of para-hydroxylation sites is 1. The zero-order valence-electron chi connectivity index (χ0n) is 15.4. The van der Waals surface area contributed by atoms with Gasteiger partial charge in [0.15, 0.2) is 0 Å². The van der Waals surface area contributed by atoms with Gasteiger partial charge in [0.1, 0.15) is 12.4 Å². The normalized spacial score (nSPS) is 10.2. The number of halogens is 2. The van der Waals surface area contributed by atoms with Crippen molar-refractivity contribution >= 4 is 35.7 Å². The molecule has 0 fully saturated rings. The number of rotatable bonds is 9. The maximum Gasteiger partial charge on any atom is 0.277 e. The first kappa shape index (κ1) is 22.5. The van der Waals surface area contributed by atoms with Gasteiger partial charge >= 0.3 is 0 Å². The lowest BCUT2D eigenvalue weighted by Gasteiger charge is -2.12. The molecule has 0 spiro atoms. The van der Waals surface area contributed by atoms with Crippen molar-refractivity contribution in [1.29, 1.82) is 0 Å². The Hall–Kier alpha value is -2.81. The minimum absolute atomic E-state index is 0. The summed E-state index contributed by atoms with van der Waals surface area (Å²) in [6.07, 6.45) is 0. The van der Waals surface area contributed by atoms with E-state index < -0.39 is 5.91 Å². The fraction of sp³-hybridized carbons (Fsp3) is 0.211. The quantitative estimate of drug-likeness (QED) is 0.440. The summed E-state index contributed by atoms with van der Waals surface area (Å²) in [7, 11) is 0. The molecule has 10 heteroatoms. The molecule has 0 aliphatic heterocycles. The van der Waals surface area contributed by atoms with E-state index >= 15 is 0 Å². The molecule has 0 saturated carbocycles. The number of ether oxygens (including phenoxy) is 1. The van der Waals surface area contributed by atoms with Crippen molar-refractivity contribution in [3.8, 4) is 5.75 Å². The molecule has 1 amide bonds. The van der Waals surface area contributed by atoms with Crippen LogP contribution in [0.25, 0.3) is 0 Å². The highest BCUT2D eigenvalue weighted by molar-refractivity contribution is 6.30. The van der Waals surface area contributed by atoms with Gasteiger partial charge in [0.25, 0.3) is 5.91 Å². The first-order valence-electron chi connectivity index (χ1n) is 8.65. The molecule has 0 saturated heterocycles. The third-order valence-electron chi connectivity index (χ3n) is 3.91. The molecule has 0 atom stereocenters. The number of anilines is 1. The number of hydrogen-bond acceptors (Lipinski definition) is 7. The van der Waals surface area contributed by atoms with Crippen molar-refractivity contribution in [2.75, 3.05) is 18.8 Å². The van der Waals surface area contributed by atoms with Crippen LogP contribution < -0.4 is 21.1 Å². The molecule has 4 N–H and O–H groups in total. The van der Waals surface area contributed by atoms with E-state index in [2.05, 4.69) is 25.6 Å². The smallest absolute Gasteiger partial charge is 0.277 e. The first-order chi connectivity index (χ1) is 13.6. The lowest BCUT2D eigenvalue weighted by atomic mass is 10.2. The van der Waals surface area contributed by atoms with E-state index in [9.17, 15) is 4.79 Å². The SMILES string of the molecule is Cl.Nc1nonc1C(=O)NCCNCc1ccccc1OCc1ccc(Cl)cc1. The van der Waals surface area contributed by atoms with Crippen LogP contribution in [-0.4, -0.2) is 29.3 Å². The van der Waals surface area contributed by atoms with E-state index in [0.717, 1.165) is 16.9 Å². The number of nitrogens with two attached hydrogens (primary N) is 1. The van der Waals surface area contributed by atoms with Gasteiger partial charge in [0, 0.05) is 30.2 Å². The molecule has 8 nitrogen and oxygen atoms in total. The summed E-state index contributed by atoms with van der Waals surface area (Å²) in [6, 6.07) is 15.3. The van der Waals surface area contributed by atoms with E-state index in [1.165, 1.54) is 0 Å². The number of nitrogens with one attached hydrogen (secondary N) is 2. The molecule has 0 radical (unpaired) electrons. The minimum Gasteiger partial charge on any atom is -0.489 e. The van der Waals surface area contributed by atoms with E-state index in [0.29, 0.717) is 31.3 Å². The second-order valence-corrected chi connectivity index (χ2v) is 6.39. The minimum atomic E-state index is -0.424. The van der Waals surface area contributed by atoms with Crippen LogP contribution in [0.3, 0.4) is 0 Å². The third-order valence-corrected chi connectivity index (χ3v) is 4.16. The fourth-order valence-corrected chi connectivity index (χ4v) is 2.58. The fourth-order valence-electron chi connectivity index (χ4n) is 2.46. The highest BCUT2D eigenvalue weighted by Crippen LogP contribution is 2.19. The van der Waals surface area contributed by atoms with Crippen molar-refractivity contribution in [2.45, 2.75) is 13.2 Å². The zero-order valence-corrected chi connectivity index (χ0v) is 17.0. The van der Waals surface area contributed by atoms with Crippen LogP contribution in [0, 0.1) is 0 Å². The number of carbonyl (C=O) groups excluding carboxylic acids is 1. The molecule has 3 rings (SSSR count). The highest BCUT2D eigenvalue weighted by atomic mass is 35.5. The number of carbonyl (C=O) groups is 1. The number of nitrogens with zero attached hydrogens (tertiary/aromatic N) is 2. The van der Waals surface area contributed by atoms with Crippen molar-refractivity contribution in [1.82, 2.24) is 20.9 Å². The Morgan fingerprint density at radius 1 is 1.10 bits per heavy atom. The average molecular weight is 438 g/mol. The Kier molecular flexibility index (Phi) is 8.72. The summed E-state index contributed by atoms with van der Waals surface area (Å²) in [5.74, 6) is 0.347. The number of benzene rings is 2. The molecule has 0 unspecified atom stereocenters. The molecule has 0 bridgehead atoms. The van der Waals surface area contributed by atoms with Gasteiger partial charge in [0.05, 0.1) is 0 Å². The molecule has 29 heavy (non-hydrogen) atoms. The first-order valence-corrected chi connectivity index (χ1v) is 9.03. The number of hydrogen-bond donors (Lipinski definition) is 3. The summed E-state index contributed by atoms with van der Waals surface area (Å²) >= 11 is 5.90. The van der Waals surface area contributed by atoms with Gasteiger partial charge in [-0.3, -0.25) is 4.79 Å².